The van der Waals surface area contributed by atoms with Crippen LogP contribution in [0.1, 0.15) is 18.9 Å². The van der Waals surface area contributed by atoms with Gasteiger partial charge in [0.1, 0.15) is 6.54 Å². The summed E-state index contributed by atoms with van der Waals surface area (Å²) in [6.07, 6.45) is 2.01. The van der Waals surface area contributed by atoms with Crippen molar-refractivity contribution in [1.82, 2.24) is 9.80 Å². The highest BCUT2D eigenvalue weighted by atomic mass is 32.2. The molecule has 2 aliphatic rings. The van der Waals surface area contributed by atoms with Crippen LogP contribution in [0, 0.1) is 0 Å². The van der Waals surface area contributed by atoms with Crippen LogP contribution < -0.4 is 0 Å². The molecule has 0 radical (unpaired) electrons. The van der Waals surface area contributed by atoms with Crippen LogP contribution in [-0.2, 0) is 19.4 Å². The third-order valence-corrected chi connectivity index (χ3v) is 7.23. The zero-order chi connectivity index (χ0) is 19.6. The summed E-state index contributed by atoms with van der Waals surface area (Å²) in [6.45, 7) is 1.71. The van der Waals surface area contributed by atoms with Crippen LogP contribution in [0.3, 0.4) is 0 Å². The lowest BCUT2D eigenvalue weighted by molar-refractivity contribution is -0.137. The molecule has 0 aliphatic carbocycles. The topological polar surface area (TPSA) is 91.8 Å². The van der Waals surface area contributed by atoms with E-state index in [-0.39, 0.29) is 23.0 Å². The molecule has 7 nitrogen and oxygen atoms in total. The number of carbonyl (C=O) groups excluding carboxylic acids is 3. The van der Waals surface area contributed by atoms with E-state index in [1.165, 1.54) is 4.90 Å². The van der Waals surface area contributed by atoms with Gasteiger partial charge in [-0.2, -0.15) is 0 Å². The van der Waals surface area contributed by atoms with E-state index in [1.54, 1.807) is 13.0 Å². The number of nitrogens with zero attached hydrogens (tertiary/aromatic N) is 2. The van der Waals surface area contributed by atoms with E-state index in [2.05, 4.69) is 0 Å². The summed E-state index contributed by atoms with van der Waals surface area (Å²) in [7, 11) is -3.13. The summed E-state index contributed by atoms with van der Waals surface area (Å²) in [5.41, 5.74) is 0.792. The molecule has 2 fully saturated rings. The van der Waals surface area contributed by atoms with E-state index in [1.807, 2.05) is 30.3 Å². The van der Waals surface area contributed by atoms with Crippen molar-refractivity contribution in [3.05, 3.63) is 40.8 Å². The normalized spacial score (nSPS) is 23.2. The van der Waals surface area contributed by atoms with Crippen molar-refractivity contribution in [2.24, 2.45) is 0 Å². The Morgan fingerprint density at radius 1 is 1.30 bits per heavy atom. The quantitative estimate of drug-likeness (QED) is 0.690. The summed E-state index contributed by atoms with van der Waals surface area (Å²) in [4.78, 5) is 40.0. The summed E-state index contributed by atoms with van der Waals surface area (Å²) in [6, 6.07) is 8.75. The minimum Gasteiger partial charge on any atom is -0.337 e. The second-order valence-electron chi connectivity index (χ2n) is 6.42. The Hall–Kier alpha value is -2.13. The molecule has 2 aliphatic heterocycles. The van der Waals surface area contributed by atoms with E-state index in [4.69, 9.17) is 0 Å². The number of carbonyl (C=O) groups is 3. The van der Waals surface area contributed by atoms with E-state index >= 15 is 0 Å². The fourth-order valence-electron chi connectivity index (χ4n) is 3.22. The SMILES string of the molecule is CCN(C(=O)CN1C(=O)S/C(=C\c2ccccc2)C1=O)[C@@H]1CCS(=O)(=O)C1. The van der Waals surface area contributed by atoms with E-state index < -0.39 is 32.9 Å². The molecule has 3 amide bonds. The molecule has 0 bridgehead atoms. The first-order chi connectivity index (χ1) is 12.8. The average Bonchev–Trinajstić information content (AvgIpc) is 3.10. The van der Waals surface area contributed by atoms with Crippen LogP contribution in [0.25, 0.3) is 6.08 Å². The van der Waals surface area contributed by atoms with Gasteiger partial charge in [-0.15, -0.1) is 0 Å². The molecule has 3 rings (SSSR count). The first kappa shape index (κ1) is 19.6. The van der Waals surface area contributed by atoms with Gasteiger partial charge in [0.25, 0.3) is 11.1 Å². The Morgan fingerprint density at radius 2 is 2.00 bits per heavy atom. The van der Waals surface area contributed by atoms with Crippen molar-refractivity contribution >= 4 is 44.7 Å². The molecule has 1 atom stereocenters. The molecule has 144 valence electrons. The molecule has 9 heteroatoms. The van der Waals surface area contributed by atoms with Gasteiger partial charge in [0.2, 0.25) is 5.91 Å². The first-order valence-corrected chi connectivity index (χ1v) is 11.2. The third kappa shape index (κ3) is 4.41. The van der Waals surface area contributed by atoms with Gasteiger partial charge in [-0.3, -0.25) is 19.3 Å². The minimum atomic E-state index is -3.13. The Labute approximate surface area is 162 Å². The molecular weight excluding hydrogens is 388 g/mol. The number of benzene rings is 1. The maximum atomic E-state index is 12.6. The molecule has 0 unspecified atom stereocenters. The highest BCUT2D eigenvalue weighted by Gasteiger charge is 2.39. The molecule has 0 saturated carbocycles. The largest absolute Gasteiger partial charge is 0.337 e. The molecule has 2 heterocycles. The highest BCUT2D eigenvalue weighted by Crippen LogP contribution is 2.32. The van der Waals surface area contributed by atoms with Crippen LogP contribution in [0.4, 0.5) is 4.79 Å². The van der Waals surface area contributed by atoms with Gasteiger partial charge >= 0.3 is 0 Å². The Morgan fingerprint density at radius 3 is 2.59 bits per heavy atom. The number of amides is 3. The fraction of sp³-hybridized carbons (Fsp3) is 0.389. The lowest BCUT2D eigenvalue weighted by Crippen LogP contribution is -2.47. The number of hydrogen-bond donors (Lipinski definition) is 0. The van der Waals surface area contributed by atoms with Gasteiger partial charge in [-0.25, -0.2) is 8.42 Å². The Balaban J connectivity index is 1.71. The second kappa shape index (κ2) is 7.85. The van der Waals surface area contributed by atoms with Gasteiger partial charge < -0.3 is 4.90 Å². The fourth-order valence-corrected chi connectivity index (χ4v) is 5.79. The number of rotatable bonds is 5. The van der Waals surface area contributed by atoms with Crippen molar-refractivity contribution in [3.8, 4) is 0 Å². The molecule has 1 aromatic rings. The average molecular weight is 409 g/mol. The maximum absolute atomic E-state index is 12.6. The molecular formula is C18H20N2O5S2. The first-order valence-electron chi connectivity index (χ1n) is 8.61. The van der Waals surface area contributed by atoms with Crippen molar-refractivity contribution in [2.75, 3.05) is 24.6 Å². The van der Waals surface area contributed by atoms with E-state index in [9.17, 15) is 22.8 Å². The Kier molecular flexibility index (Phi) is 5.71. The number of hydrogen-bond acceptors (Lipinski definition) is 6. The van der Waals surface area contributed by atoms with Crippen molar-refractivity contribution < 1.29 is 22.8 Å². The number of thioether (sulfide) groups is 1. The number of likely N-dealkylation sites (N-methyl/N-ethyl adjacent to an activating group) is 1. The van der Waals surface area contributed by atoms with Crippen LogP contribution in [0.5, 0.6) is 0 Å². The molecule has 0 spiro atoms. The number of sulfone groups is 1. The third-order valence-electron chi connectivity index (χ3n) is 4.57. The van der Waals surface area contributed by atoms with Gasteiger partial charge in [0.05, 0.1) is 16.4 Å². The molecule has 0 N–H and O–H groups in total. The predicted molar refractivity (Wildman–Crippen MR) is 104 cm³/mol. The lowest BCUT2D eigenvalue weighted by atomic mass is 10.2. The van der Waals surface area contributed by atoms with Gasteiger partial charge in [-0.1, -0.05) is 30.3 Å². The maximum Gasteiger partial charge on any atom is 0.294 e. The van der Waals surface area contributed by atoms with Gasteiger partial charge in [0.15, 0.2) is 9.84 Å². The van der Waals surface area contributed by atoms with Crippen LogP contribution in [0.15, 0.2) is 35.2 Å². The second-order valence-corrected chi connectivity index (χ2v) is 9.64. The summed E-state index contributed by atoms with van der Waals surface area (Å²) in [5, 5.41) is -0.495. The summed E-state index contributed by atoms with van der Waals surface area (Å²) < 4.78 is 23.4. The molecule has 1 aromatic carbocycles. The zero-order valence-corrected chi connectivity index (χ0v) is 16.5. The Bertz CT molecular complexity index is 896. The summed E-state index contributed by atoms with van der Waals surface area (Å²) in [5.74, 6) is -0.925. The highest BCUT2D eigenvalue weighted by molar-refractivity contribution is 8.18. The van der Waals surface area contributed by atoms with Gasteiger partial charge in [-0.05, 0) is 36.7 Å². The van der Waals surface area contributed by atoms with Crippen molar-refractivity contribution in [2.45, 2.75) is 19.4 Å². The van der Waals surface area contributed by atoms with Crippen molar-refractivity contribution in [1.29, 1.82) is 0 Å². The van der Waals surface area contributed by atoms with Crippen molar-refractivity contribution in [3.63, 3.8) is 0 Å². The predicted octanol–water partition coefficient (Wildman–Crippen LogP) is 1.76. The van der Waals surface area contributed by atoms with E-state index in [0.717, 1.165) is 22.2 Å². The minimum absolute atomic E-state index is 0.0584. The van der Waals surface area contributed by atoms with Gasteiger partial charge in [0, 0.05) is 12.6 Å². The monoisotopic (exact) mass is 408 g/mol. The zero-order valence-electron chi connectivity index (χ0n) is 14.8. The van der Waals surface area contributed by atoms with E-state index in [0.29, 0.717) is 13.0 Å². The summed E-state index contributed by atoms with van der Waals surface area (Å²) >= 11 is 0.802. The smallest absolute Gasteiger partial charge is 0.294 e. The standard InChI is InChI=1S/C18H20N2O5S2/c1-2-19(14-8-9-27(24,25)12-14)16(21)11-20-17(22)15(26-18(20)23)10-13-6-4-3-5-7-13/h3-7,10,14H,2,8-9,11-12H2,1H3/b15-10-/t14-/m1/s1. The molecule has 27 heavy (non-hydrogen) atoms. The van der Waals surface area contributed by atoms with Crippen LogP contribution >= 0.6 is 11.8 Å². The van der Waals surface area contributed by atoms with Crippen LogP contribution in [-0.4, -0.2) is 65.9 Å². The van der Waals surface area contributed by atoms with Crippen LogP contribution in [0.2, 0.25) is 0 Å². The number of imide groups is 1. The molecule has 2 saturated heterocycles. The molecule has 0 aromatic heterocycles. The lowest BCUT2D eigenvalue weighted by Gasteiger charge is -2.28.